The number of rotatable bonds is 4. The summed E-state index contributed by atoms with van der Waals surface area (Å²) in [5.74, 6) is -0.138. The highest BCUT2D eigenvalue weighted by Gasteiger charge is 2.39. The lowest BCUT2D eigenvalue weighted by Crippen LogP contribution is -2.48. The second kappa shape index (κ2) is 6.97. The standard InChI is InChI=1S/C18H25FN2O2/c1-13(22)21-11-3-5-17(21)16-4-2-10-20(16)12-18(23)14-6-8-15(19)9-7-14/h6-9,16-18,23H,2-5,10-12H2,1H3/t16-,17+,18-/m0/s1. The molecule has 23 heavy (non-hydrogen) atoms. The molecule has 1 aromatic carbocycles. The number of hydrogen-bond acceptors (Lipinski definition) is 3. The minimum Gasteiger partial charge on any atom is -0.387 e. The lowest BCUT2D eigenvalue weighted by molar-refractivity contribution is -0.130. The van der Waals surface area contributed by atoms with Crippen molar-refractivity contribution in [1.29, 1.82) is 0 Å². The number of β-amino-alcohol motifs (C(OH)–C–C–N with tert-alkyl or cyclic N) is 1. The van der Waals surface area contributed by atoms with Gasteiger partial charge < -0.3 is 10.0 Å². The monoisotopic (exact) mass is 320 g/mol. The predicted octanol–water partition coefficient (Wildman–Crippen LogP) is 2.33. The lowest BCUT2D eigenvalue weighted by atomic mass is 10.0. The van der Waals surface area contributed by atoms with Crippen LogP contribution < -0.4 is 0 Å². The van der Waals surface area contributed by atoms with Gasteiger partial charge in [0, 0.05) is 32.1 Å². The molecule has 2 heterocycles. The van der Waals surface area contributed by atoms with E-state index in [0.29, 0.717) is 12.6 Å². The van der Waals surface area contributed by atoms with E-state index in [0.717, 1.165) is 44.3 Å². The first kappa shape index (κ1) is 16.4. The van der Waals surface area contributed by atoms with E-state index in [2.05, 4.69) is 4.90 Å². The molecule has 1 aromatic rings. The number of halogens is 1. The number of benzene rings is 1. The molecule has 4 nitrogen and oxygen atoms in total. The van der Waals surface area contributed by atoms with Crippen molar-refractivity contribution < 1.29 is 14.3 Å². The molecule has 2 aliphatic rings. The van der Waals surface area contributed by atoms with Gasteiger partial charge in [0.05, 0.1) is 6.10 Å². The molecule has 2 aliphatic heterocycles. The molecule has 0 radical (unpaired) electrons. The summed E-state index contributed by atoms with van der Waals surface area (Å²) in [6, 6.07) is 6.65. The normalized spacial score (nSPS) is 26.7. The summed E-state index contributed by atoms with van der Waals surface area (Å²) in [4.78, 5) is 16.1. The van der Waals surface area contributed by atoms with Crippen molar-refractivity contribution in [3.63, 3.8) is 0 Å². The average molecular weight is 320 g/mol. The largest absolute Gasteiger partial charge is 0.387 e. The van der Waals surface area contributed by atoms with Crippen LogP contribution in [-0.2, 0) is 4.79 Å². The number of likely N-dealkylation sites (tertiary alicyclic amines) is 2. The number of aliphatic hydroxyl groups is 1. The molecule has 0 aliphatic carbocycles. The number of hydrogen-bond donors (Lipinski definition) is 1. The Kier molecular flexibility index (Phi) is 4.97. The van der Waals surface area contributed by atoms with E-state index in [1.54, 1.807) is 19.1 Å². The number of amides is 1. The fourth-order valence-electron chi connectivity index (χ4n) is 4.11. The molecule has 0 saturated carbocycles. The Balaban J connectivity index is 1.67. The molecular formula is C18H25FN2O2. The summed E-state index contributed by atoms with van der Waals surface area (Å²) in [5.41, 5.74) is 0.742. The van der Waals surface area contributed by atoms with Gasteiger partial charge in [0.25, 0.3) is 0 Å². The van der Waals surface area contributed by atoms with E-state index >= 15 is 0 Å². The van der Waals surface area contributed by atoms with Crippen molar-refractivity contribution in [3.8, 4) is 0 Å². The second-order valence-electron chi connectivity index (χ2n) is 6.69. The fraction of sp³-hybridized carbons (Fsp3) is 0.611. The number of aliphatic hydroxyl groups excluding tert-OH is 1. The highest BCUT2D eigenvalue weighted by Crippen LogP contribution is 2.31. The van der Waals surface area contributed by atoms with Gasteiger partial charge in [-0.25, -0.2) is 4.39 Å². The Morgan fingerprint density at radius 2 is 1.87 bits per heavy atom. The summed E-state index contributed by atoms with van der Waals surface area (Å²) in [6.45, 7) is 3.99. The lowest BCUT2D eigenvalue weighted by Gasteiger charge is -2.35. The molecule has 2 saturated heterocycles. The highest BCUT2D eigenvalue weighted by molar-refractivity contribution is 5.74. The first-order chi connectivity index (χ1) is 11.1. The third-order valence-electron chi connectivity index (χ3n) is 5.22. The molecule has 0 unspecified atom stereocenters. The van der Waals surface area contributed by atoms with Crippen molar-refractivity contribution in [2.24, 2.45) is 0 Å². The maximum Gasteiger partial charge on any atom is 0.219 e. The third-order valence-corrected chi connectivity index (χ3v) is 5.22. The Labute approximate surface area is 136 Å². The number of carbonyl (C=O) groups excluding carboxylic acids is 1. The van der Waals surface area contributed by atoms with Gasteiger partial charge in [-0.1, -0.05) is 12.1 Å². The van der Waals surface area contributed by atoms with Gasteiger partial charge in [-0.2, -0.15) is 0 Å². The maximum absolute atomic E-state index is 13.0. The van der Waals surface area contributed by atoms with E-state index in [1.807, 2.05) is 4.90 Å². The summed E-state index contributed by atoms with van der Waals surface area (Å²) < 4.78 is 13.0. The summed E-state index contributed by atoms with van der Waals surface area (Å²) >= 11 is 0. The Hall–Kier alpha value is -1.46. The van der Waals surface area contributed by atoms with Crippen LogP contribution in [0.15, 0.2) is 24.3 Å². The van der Waals surface area contributed by atoms with E-state index < -0.39 is 6.10 Å². The molecule has 0 spiro atoms. The molecule has 3 rings (SSSR count). The first-order valence-corrected chi connectivity index (χ1v) is 8.51. The smallest absolute Gasteiger partial charge is 0.219 e. The van der Waals surface area contributed by atoms with Crippen molar-refractivity contribution in [1.82, 2.24) is 9.80 Å². The van der Waals surface area contributed by atoms with Crippen LogP contribution in [0.4, 0.5) is 4.39 Å². The van der Waals surface area contributed by atoms with E-state index in [-0.39, 0.29) is 17.8 Å². The summed E-state index contributed by atoms with van der Waals surface area (Å²) in [7, 11) is 0. The molecule has 0 aromatic heterocycles. The van der Waals surface area contributed by atoms with E-state index in [1.165, 1.54) is 12.1 Å². The highest BCUT2D eigenvalue weighted by atomic mass is 19.1. The Bertz CT molecular complexity index is 548. The van der Waals surface area contributed by atoms with Crippen molar-refractivity contribution >= 4 is 5.91 Å². The van der Waals surface area contributed by atoms with E-state index in [4.69, 9.17) is 0 Å². The van der Waals surface area contributed by atoms with Gasteiger partial charge in [-0.3, -0.25) is 9.69 Å². The van der Waals surface area contributed by atoms with Crippen LogP contribution in [-0.4, -0.2) is 52.5 Å². The Morgan fingerprint density at radius 3 is 2.57 bits per heavy atom. The van der Waals surface area contributed by atoms with Crippen LogP contribution in [0.3, 0.4) is 0 Å². The summed E-state index contributed by atoms with van der Waals surface area (Å²) in [6.07, 6.45) is 3.67. The molecule has 1 amide bonds. The molecular weight excluding hydrogens is 295 g/mol. The van der Waals surface area contributed by atoms with Crippen molar-refractivity contribution in [2.45, 2.75) is 50.8 Å². The fourth-order valence-corrected chi connectivity index (χ4v) is 4.11. The minimum absolute atomic E-state index is 0.151. The van der Waals surface area contributed by atoms with Crippen LogP contribution in [0.2, 0.25) is 0 Å². The predicted molar refractivity (Wildman–Crippen MR) is 86.4 cm³/mol. The van der Waals surface area contributed by atoms with Crippen LogP contribution >= 0.6 is 0 Å². The molecule has 3 atom stereocenters. The quantitative estimate of drug-likeness (QED) is 0.926. The zero-order chi connectivity index (χ0) is 16.4. The molecule has 1 N–H and O–H groups in total. The molecule has 0 bridgehead atoms. The van der Waals surface area contributed by atoms with Gasteiger partial charge in [-0.15, -0.1) is 0 Å². The van der Waals surface area contributed by atoms with Gasteiger partial charge in [0.15, 0.2) is 0 Å². The van der Waals surface area contributed by atoms with Gasteiger partial charge in [0.1, 0.15) is 5.82 Å². The van der Waals surface area contributed by atoms with Crippen LogP contribution in [0, 0.1) is 5.82 Å². The summed E-state index contributed by atoms with van der Waals surface area (Å²) in [5, 5.41) is 10.5. The van der Waals surface area contributed by atoms with Crippen LogP contribution in [0.25, 0.3) is 0 Å². The zero-order valence-electron chi connectivity index (χ0n) is 13.6. The van der Waals surface area contributed by atoms with Crippen molar-refractivity contribution in [3.05, 3.63) is 35.6 Å². The van der Waals surface area contributed by atoms with Gasteiger partial charge >= 0.3 is 0 Å². The van der Waals surface area contributed by atoms with E-state index in [9.17, 15) is 14.3 Å². The van der Waals surface area contributed by atoms with Crippen molar-refractivity contribution in [2.75, 3.05) is 19.6 Å². The molecule has 5 heteroatoms. The molecule has 2 fully saturated rings. The maximum atomic E-state index is 13.0. The third kappa shape index (κ3) is 3.56. The topological polar surface area (TPSA) is 43.8 Å². The Morgan fingerprint density at radius 1 is 1.22 bits per heavy atom. The minimum atomic E-state index is -0.622. The zero-order valence-corrected chi connectivity index (χ0v) is 13.6. The average Bonchev–Trinajstić information content (AvgIpc) is 3.15. The van der Waals surface area contributed by atoms with Gasteiger partial charge in [-0.05, 0) is 49.9 Å². The number of nitrogens with zero attached hydrogens (tertiary/aromatic N) is 2. The number of carbonyl (C=O) groups is 1. The first-order valence-electron chi connectivity index (χ1n) is 8.51. The van der Waals surface area contributed by atoms with Gasteiger partial charge in [0.2, 0.25) is 5.91 Å². The van der Waals surface area contributed by atoms with Crippen LogP contribution in [0.1, 0.15) is 44.3 Å². The second-order valence-corrected chi connectivity index (χ2v) is 6.69. The molecule has 126 valence electrons. The SMILES string of the molecule is CC(=O)N1CCC[C@@H]1[C@@H]1CCCN1C[C@H](O)c1ccc(F)cc1. The van der Waals surface area contributed by atoms with Crippen LogP contribution in [0.5, 0.6) is 0 Å².